The molecule has 10 heteroatoms. The normalized spacial score (nSPS) is 15.4. The van der Waals surface area contributed by atoms with E-state index in [9.17, 15) is 19.6 Å². The quantitative estimate of drug-likeness (QED) is 0.605. The second-order valence-corrected chi connectivity index (χ2v) is 9.34. The lowest BCUT2D eigenvalue weighted by atomic mass is 10.2. The molecule has 0 radical (unpaired) electrons. The summed E-state index contributed by atoms with van der Waals surface area (Å²) >= 11 is 1.18. The second-order valence-electron chi connectivity index (χ2n) is 8.31. The van der Waals surface area contributed by atoms with Crippen molar-refractivity contribution in [2.45, 2.75) is 65.1 Å². The van der Waals surface area contributed by atoms with Crippen molar-refractivity contribution in [1.82, 2.24) is 14.6 Å². The van der Waals surface area contributed by atoms with Gasteiger partial charge < -0.3 is 4.74 Å². The fourth-order valence-electron chi connectivity index (χ4n) is 3.02. The van der Waals surface area contributed by atoms with Gasteiger partial charge in [-0.25, -0.2) is 15.0 Å². The number of ether oxygens (including phenoxy) is 1. The Morgan fingerprint density at radius 2 is 2.07 bits per heavy atom. The van der Waals surface area contributed by atoms with Crippen LogP contribution in [-0.2, 0) is 16.8 Å². The van der Waals surface area contributed by atoms with E-state index in [0.717, 1.165) is 12.8 Å². The molecule has 1 aliphatic rings. The van der Waals surface area contributed by atoms with Crippen LogP contribution in [0.2, 0.25) is 0 Å². The molecule has 2 aromatic rings. The molecule has 29 heavy (non-hydrogen) atoms. The monoisotopic (exact) mass is 417 g/mol. The molecule has 1 amide bonds. The number of amides is 1. The van der Waals surface area contributed by atoms with Gasteiger partial charge >= 0.3 is 11.8 Å². The molecule has 1 saturated carbocycles. The maximum absolute atomic E-state index is 13.1. The van der Waals surface area contributed by atoms with E-state index in [1.54, 1.807) is 27.7 Å². The summed E-state index contributed by atoms with van der Waals surface area (Å²) in [5.74, 6) is 0. The van der Waals surface area contributed by atoms with E-state index in [1.165, 1.54) is 26.7 Å². The predicted molar refractivity (Wildman–Crippen MR) is 111 cm³/mol. The Balaban J connectivity index is 2.06. The van der Waals surface area contributed by atoms with Crippen molar-refractivity contribution in [3.8, 4) is 6.07 Å². The van der Waals surface area contributed by atoms with Crippen molar-refractivity contribution in [2.24, 2.45) is 5.10 Å². The highest BCUT2D eigenvalue weighted by molar-refractivity contribution is 7.20. The number of carbonyl (C=O) groups is 1. The number of aromatic nitrogens is 2. The molecule has 154 valence electrons. The van der Waals surface area contributed by atoms with Crippen molar-refractivity contribution in [3.05, 3.63) is 31.3 Å². The summed E-state index contributed by atoms with van der Waals surface area (Å²) in [4.78, 5) is 38.8. The number of thiophene rings is 1. The highest BCUT2D eigenvalue weighted by Gasteiger charge is 2.43. The lowest BCUT2D eigenvalue weighted by Gasteiger charge is -2.18. The summed E-state index contributed by atoms with van der Waals surface area (Å²) in [6, 6.07) is 1.99. The number of aryl methyl sites for hydroxylation is 1. The van der Waals surface area contributed by atoms with E-state index < -0.39 is 22.9 Å². The predicted octanol–water partition coefficient (Wildman–Crippen LogP) is 2.42. The van der Waals surface area contributed by atoms with Crippen LogP contribution in [0.4, 0.5) is 4.79 Å². The third-order valence-corrected chi connectivity index (χ3v) is 5.98. The van der Waals surface area contributed by atoms with E-state index in [1.807, 2.05) is 13.0 Å². The molecule has 0 aliphatic heterocycles. The van der Waals surface area contributed by atoms with Gasteiger partial charge in [-0.15, -0.1) is 11.3 Å². The lowest BCUT2D eigenvalue weighted by molar-refractivity contribution is 0.0529. The number of nitrogens with zero attached hydrogens (tertiary/aromatic N) is 4. The maximum Gasteiger partial charge on any atom is 0.428 e. The Morgan fingerprint density at radius 1 is 1.41 bits per heavy atom. The van der Waals surface area contributed by atoms with E-state index in [4.69, 9.17) is 4.74 Å². The Morgan fingerprint density at radius 3 is 2.62 bits per heavy atom. The number of hydrazone groups is 1. The summed E-state index contributed by atoms with van der Waals surface area (Å²) in [6.45, 7) is 8.70. The molecule has 0 atom stereocenters. The number of carbonyl (C=O) groups excluding carboxylic acids is 1. The first-order valence-corrected chi connectivity index (χ1v) is 9.98. The molecule has 2 aromatic heterocycles. The first-order chi connectivity index (χ1) is 13.5. The average Bonchev–Trinajstić information content (AvgIpc) is 3.24. The van der Waals surface area contributed by atoms with Gasteiger partial charge in [-0.1, -0.05) is 0 Å². The zero-order chi connectivity index (χ0) is 21.6. The van der Waals surface area contributed by atoms with Crippen LogP contribution in [0.15, 0.2) is 14.7 Å². The first kappa shape index (κ1) is 20.8. The SMILES string of the molecule is Cc1c(/C=N/NC(=O)OC(C)(C)C)sc2c1c(=O)n(C1(C)CC1)c(=O)n2CC#N. The van der Waals surface area contributed by atoms with Gasteiger partial charge in [0, 0.05) is 0 Å². The van der Waals surface area contributed by atoms with Crippen molar-refractivity contribution >= 4 is 33.9 Å². The van der Waals surface area contributed by atoms with Gasteiger partial charge in [-0.3, -0.25) is 13.9 Å². The van der Waals surface area contributed by atoms with Crippen LogP contribution < -0.4 is 16.7 Å². The zero-order valence-corrected chi connectivity index (χ0v) is 17.8. The van der Waals surface area contributed by atoms with E-state index in [0.29, 0.717) is 20.7 Å². The van der Waals surface area contributed by atoms with Gasteiger partial charge in [0.15, 0.2) is 0 Å². The molecule has 9 nitrogen and oxygen atoms in total. The van der Waals surface area contributed by atoms with E-state index >= 15 is 0 Å². The van der Waals surface area contributed by atoms with Crippen LogP contribution >= 0.6 is 11.3 Å². The number of hydrogen-bond acceptors (Lipinski definition) is 7. The van der Waals surface area contributed by atoms with Gasteiger partial charge in [-0.2, -0.15) is 10.4 Å². The largest absolute Gasteiger partial charge is 0.443 e. The third-order valence-electron chi connectivity index (χ3n) is 4.73. The minimum absolute atomic E-state index is 0.154. The fourth-order valence-corrected chi connectivity index (χ4v) is 4.19. The molecule has 0 aromatic carbocycles. The van der Waals surface area contributed by atoms with Gasteiger partial charge in [0.25, 0.3) is 5.56 Å². The van der Waals surface area contributed by atoms with Crippen LogP contribution in [0, 0.1) is 18.3 Å². The molecule has 0 saturated heterocycles. The maximum atomic E-state index is 13.1. The Kier molecular flexibility index (Phi) is 5.13. The van der Waals surface area contributed by atoms with Gasteiger partial charge in [0.05, 0.1) is 28.1 Å². The standard InChI is InChI=1S/C19H23N5O4S/c1-11-12(10-21-22-16(26)28-18(2,3)4)29-15-13(11)14(25)24(19(5)6-7-19)17(27)23(15)9-8-20/h10H,6-7,9H2,1-5H3,(H,22,26)/b21-10+. The van der Waals surface area contributed by atoms with Crippen molar-refractivity contribution in [3.63, 3.8) is 0 Å². The van der Waals surface area contributed by atoms with Gasteiger partial charge in [0.2, 0.25) is 0 Å². The molecule has 1 N–H and O–H groups in total. The number of nitriles is 1. The number of nitrogens with one attached hydrogen (secondary N) is 1. The molecule has 3 rings (SSSR count). The number of hydrogen-bond donors (Lipinski definition) is 1. The summed E-state index contributed by atoms with van der Waals surface area (Å²) < 4.78 is 7.72. The highest BCUT2D eigenvalue weighted by atomic mass is 32.1. The second kappa shape index (κ2) is 7.15. The third kappa shape index (κ3) is 3.96. The van der Waals surface area contributed by atoms with Gasteiger partial charge in [0.1, 0.15) is 17.0 Å². The van der Waals surface area contributed by atoms with Crippen LogP contribution in [0.25, 0.3) is 10.2 Å². The number of fused-ring (bicyclic) bond motifs is 1. The van der Waals surface area contributed by atoms with Crippen LogP contribution in [0.1, 0.15) is 51.0 Å². The summed E-state index contributed by atoms with van der Waals surface area (Å²) in [5.41, 5.74) is 0.956. The Hall–Kier alpha value is -2.93. The minimum Gasteiger partial charge on any atom is -0.443 e. The molecular weight excluding hydrogens is 394 g/mol. The molecule has 0 bridgehead atoms. The number of rotatable bonds is 4. The van der Waals surface area contributed by atoms with Crippen molar-refractivity contribution in [1.29, 1.82) is 5.26 Å². The average molecular weight is 417 g/mol. The topological polar surface area (TPSA) is 118 Å². The Bertz CT molecular complexity index is 1170. The van der Waals surface area contributed by atoms with Crippen molar-refractivity contribution in [2.75, 3.05) is 0 Å². The minimum atomic E-state index is -0.696. The van der Waals surface area contributed by atoms with Crippen LogP contribution in [0.5, 0.6) is 0 Å². The van der Waals surface area contributed by atoms with E-state index in [2.05, 4.69) is 10.5 Å². The molecule has 0 unspecified atom stereocenters. The molecule has 0 spiro atoms. The van der Waals surface area contributed by atoms with Crippen LogP contribution in [-0.4, -0.2) is 27.0 Å². The lowest BCUT2D eigenvalue weighted by Crippen LogP contribution is -2.44. The summed E-state index contributed by atoms with van der Waals surface area (Å²) in [5, 5.41) is 13.5. The van der Waals surface area contributed by atoms with E-state index in [-0.39, 0.29) is 12.1 Å². The van der Waals surface area contributed by atoms with Crippen LogP contribution in [0.3, 0.4) is 0 Å². The molecular formula is C19H23N5O4S. The summed E-state index contributed by atoms with van der Waals surface area (Å²) in [6.07, 6.45) is 2.21. The molecule has 2 heterocycles. The highest BCUT2D eigenvalue weighted by Crippen LogP contribution is 2.41. The summed E-state index contributed by atoms with van der Waals surface area (Å²) in [7, 11) is 0. The smallest absolute Gasteiger partial charge is 0.428 e. The Labute approximate surface area is 171 Å². The zero-order valence-electron chi connectivity index (χ0n) is 17.0. The molecule has 1 aliphatic carbocycles. The first-order valence-electron chi connectivity index (χ1n) is 9.17. The molecule has 1 fully saturated rings. The van der Waals surface area contributed by atoms with Gasteiger partial charge in [-0.05, 0) is 53.0 Å². The fraction of sp³-hybridized carbons (Fsp3) is 0.526. The van der Waals surface area contributed by atoms with Crippen molar-refractivity contribution < 1.29 is 9.53 Å².